The number of amidine groups is 1. The molecular formula is C47H72F12N7O4Si2+. The quantitative estimate of drug-likeness (QED) is 0.0224. The number of urea groups is 1. The zero-order valence-electron chi connectivity index (χ0n) is 42.9. The van der Waals surface area contributed by atoms with E-state index >= 15 is 0 Å². The van der Waals surface area contributed by atoms with Gasteiger partial charge >= 0.3 is 36.7 Å². The van der Waals surface area contributed by atoms with Crippen molar-refractivity contribution in [1.82, 2.24) is 10.6 Å². The van der Waals surface area contributed by atoms with Crippen LogP contribution in [-0.2, 0) is 33.6 Å². The topological polar surface area (TPSA) is 139 Å². The molecule has 3 rings (SSSR count). The summed E-state index contributed by atoms with van der Waals surface area (Å²) in [7, 11) is -4.88. The van der Waals surface area contributed by atoms with Gasteiger partial charge in [0.05, 0.1) is 54.6 Å². The van der Waals surface area contributed by atoms with Gasteiger partial charge in [-0.05, 0) is 82.5 Å². The molecule has 25 heteroatoms. The Kier molecular flexibility index (Phi) is 21.6. The van der Waals surface area contributed by atoms with E-state index in [-0.39, 0.29) is 83.6 Å². The summed E-state index contributed by atoms with van der Waals surface area (Å²) in [6.45, 7) is 26.0. The number of benzene rings is 2. The van der Waals surface area contributed by atoms with Crippen LogP contribution in [0, 0.1) is 0 Å². The van der Waals surface area contributed by atoms with Crippen molar-refractivity contribution in [2.24, 2.45) is 4.99 Å². The fourth-order valence-electron chi connectivity index (χ4n) is 10.6. The molecule has 1 saturated heterocycles. The first kappa shape index (κ1) is 62.2. The van der Waals surface area contributed by atoms with E-state index in [0.29, 0.717) is 56.3 Å². The molecule has 1 aliphatic rings. The zero-order chi connectivity index (χ0) is 54.9. The second kappa shape index (κ2) is 25.0. The molecule has 2 amide bonds. The zero-order valence-corrected chi connectivity index (χ0v) is 44.9. The fraction of sp³-hybridized carbons (Fsp3) is 0.681. The Morgan fingerprint density at radius 3 is 1.28 bits per heavy atom. The second-order valence-corrected chi connectivity index (χ2v) is 31.1. The molecule has 0 spiro atoms. The molecule has 1 aliphatic heterocycles. The van der Waals surface area contributed by atoms with Crippen molar-refractivity contribution in [2.75, 3.05) is 50.0 Å². The number of alkyl halides is 12. The Morgan fingerprint density at radius 1 is 0.597 bits per heavy atom. The molecule has 11 nitrogen and oxygen atoms in total. The standard InChI is InChI=1S/C47H71F12N7O4Si2/c1-27(2)71(28(3)4,29(5)6)69-25-39-13-14-40(26-70-72(30(7)8,31(9)10)32(11)12)66(39)41(60-15-17-62-42(67)64-37-21-33(44(48,49)50)19-34(22-37)45(51,52)53)61-16-18-63-43(68)65-38-23-35(46(54,55)56)20-36(24-38)47(57,58)59/h19-24,27-32,39-40H,13-18,25-26H2,1-12H3,(H5,60,61,62,63,64,65,67,68)/p+1/t39-,40-/m0/s1. The average Bonchev–Trinajstić information content (AvgIpc) is 3.63. The van der Waals surface area contributed by atoms with E-state index in [1.165, 1.54) is 0 Å². The number of halogens is 12. The number of nitrogens with zero attached hydrogens (tertiary/aromatic N) is 2. The summed E-state index contributed by atoms with van der Waals surface area (Å²) in [6, 6.07) is -1.47. The minimum Gasteiger partial charge on any atom is -0.846 e. The maximum atomic E-state index is 13.5. The number of hydrogen-bond donors (Lipinski definition) is 5. The van der Waals surface area contributed by atoms with Gasteiger partial charge < -0.3 is 29.9 Å². The molecule has 0 saturated carbocycles. The first-order valence-corrected chi connectivity index (χ1v) is 28.4. The third kappa shape index (κ3) is 16.2. The largest absolute Gasteiger partial charge is 0.846 e. The Morgan fingerprint density at radius 2 is 0.944 bits per heavy atom. The molecule has 1 fully saturated rings. The summed E-state index contributed by atoms with van der Waals surface area (Å²) in [5, 5.41) is 24.4. The number of quaternary nitrogens is 1. The molecule has 0 unspecified atom stereocenters. The predicted octanol–water partition coefficient (Wildman–Crippen LogP) is 11.1. The van der Waals surface area contributed by atoms with Gasteiger partial charge in [-0.2, -0.15) is 52.7 Å². The lowest BCUT2D eigenvalue weighted by atomic mass is 10.1. The molecular weight excluding hydrogens is 1010 g/mol. The van der Waals surface area contributed by atoms with Crippen molar-refractivity contribution in [3.05, 3.63) is 58.7 Å². The van der Waals surface area contributed by atoms with E-state index in [1.807, 2.05) is 10.6 Å². The maximum absolute atomic E-state index is 13.5. The Hall–Kier alpha value is -4.08. The molecule has 2 atom stereocenters. The van der Waals surface area contributed by atoms with Crippen molar-refractivity contribution >= 4 is 46.0 Å². The van der Waals surface area contributed by atoms with Crippen LogP contribution >= 0.6 is 0 Å². The van der Waals surface area contributed by atoms with Crippen LogP contribution in [-0.4, -0.2) is 90.7 Å². The molecule has 0 bridgehead atoms. The first-order valence-electron chi connectivity index (χ1n) is 24.1. The minimum atomic E-state index is -5.15. The Balaban J connectivity index is 2.07. The Bertz CT molecular complexity index is 2010. The van der Waals surface area contributed by atoms with E-state index < -0.39 is 87.0 Å². The van der Waals surface area contributed by atoms with E-state index in [1.54, 1.807) is 5.32 Å². The van der Waals surface area contributed by atoms with Crippen LogP contribution in [0.25, 0.3) is 0 Å². The van der Waals surface area contributed by atoms with E-state index in [2.05, 4.69) is 103 Å². The minimum absolute atomic E-state index is 0.0455. The van der Waals surface area contributed by atoms with Gasteiger partial charge in [-0.3, -0.25) is 4.99 Å². The van der Waals surface area contributed by atoms with Gasteiger partial charge in [-0.15, -0.1) is 0 Å². The molecule has 2 aromatic rings. The van der Waals surface area contributed by atoms with E-state index in [4.69, 9.17) is 8.85 Å². The van der Waals surface area contributed by atoms with Gasteiger partial charge in [0.2, 0.25) is 16.6 Å². The third-order valence-electron chi connectivity index (χ3n) is 13.5. The summed E-state index contributed by atoms with van der Waals surface area (Å²) in [5.41, 5.74) is -6.56. The summed E-state index contributed by atoms with van der Waals surface area (Å²) in [5.74, 6) is 0.477. The lowest BCUT2D eigenvalue weighted by Gasteiger charge is -2.43. The number of anilines is 2. The number of carbonyl (C=O) groups excluding carboxylic acids is 1. The highest BCUT2D eigenvalue weighted by molar-refractivity contribution is 6.78. The number of nitrogens with one attached hydrogen (secondary N) is 4. The molecule has 2 aromatic carbocycles. The number of amides is 2. The smallest absolute Gasteiger partial charge is 0.441 e. The second-order valence-electron chi connectivity index (χ2n) is 20.1. The molecule has 0 aromatic heterocycles. The van der Waals surface area contributed by atoms with Gasteiger partial charge in [0.25, 0.3) is 0 Å². The number of carbonyl (C=O) groups is 1. The van der Waals surface area contributed by atoms with Gasteiger partial charge in [-0.1, -0.05) is 83.1 Å². The molecule has 0 radical (unpaired) electrons. The van der Waals surface area contributed by atoms with E-state index in [0.717, 1.165) is 0 Å². The SMILES string of the molecule is CC(C)[Si](OC[C@@H]1CC[C@@H](CO[Si](C(C)C)(C(C)C)C(C)C)[N+]1=C(NCCN=C([O-])Nc1cc(C(F)(F)F)cc(C(F)(F)F)c1)[NH2+]CCNC(=O)Nc1cc(C(F)(F)F)cc(C(F)(F)F)c1)(C(C)C)C(C)C. The highest BCUT2D eigenvalue weighted by Gasteiger charge is 2.50. The number of aliphatic imine (C=N–C) groups is 1. The van der Waals surface area contributed by atoms with Crippen LogP contribution in [0.2, 0.25) is 33.2 Å². The van der Waals surface area contributed by atoms with Crippen LogP contribution in [0.3, 0.4) is 0 Å². The van der Waals surface area contributed by atoms with Crippen LogP contribution in [0.1, 0.15) is 118 Å². The van der Waals surface area contributed by atoms with Gasteiger partial charge in [0.15, 0.2) is 0 Å². The molecule has 72 heavy (non-hydrogen) atoms. The lowest BCUT2D eigenvalue weighted by molar-refractivity contribution is -0.665. The van der Waals surface area contributed by atoms with Gasteiger partial charge in [-0.25, -0.2) is 20.0 Å². The summed E-state index contributed by atoms with van der Waals surface area (Å²) >= 11 is 0. The normalized spacial score (nSPS) is 16.8. The molecule has 0 aliphatic carbocycles. The predicted molar refractivity (Wildman–Crippen MR) is 257 cm³/mol. The van der Waals surface area contributed by atoms with Crippen molar-refractivity contribution in [3.63, 3.8) is 0 Å². The van der Waals surface area contributed by atoms with Crippen LogP contribution < -0.4 is 31.7 Å². The van der Waals surface area contributed by atoms with Crippen LogP contribution in [0.5, 0.6) is 0 Å². The monoisotopic (exact) mass is 1080 g/mol. The van der Waals surface area contributed by atoms with Crippen LogP contribution in [0.4, 0.5) is 68.9 Å². The van der Waals surface area contributed by atoms with Crippen molar-refractivity contribution in [3.8, 4) is 0 Å². The highest BCUT2D eigenvalue weighted by Crippen LogP contribution is 2.45. The number of rotatable bonds is 20. The number of hydrogen-bond acceptors (Lipinski definition) is 5. The van der Waals surface area contributed by atoms with E-state index in [9.17, 15) is 62.6 Å². The third-order valence-corrected chi connectivity index (χ3v) is 25.7. The maximum Gasteiger partial charge on any atom is 0.441 e. The molecule has 410 valence electrons. The fourth-order valence-corrected chi connectivity index (χ4v) is 21.5. The molecule has 6 N–H and O–H groups in total. The lowest BCUT2D eigenvalue weighted by Crippen LogP contribution is -2.94. The van der Waals surface area contributed by atoms with Gasteiger partial charge in [0, 0.05) is 11.4 Å². The van der Waals surface area contributed by atoms with Crippen molar-refractivity contribution < 1.29 is 81.3 Å². The van der Waals surface area contributed by atoms with Crippen molar-refractivity contribution in [2.45, 2.75) is 166 Å². The average molecular weight is 1080 g/mol. The summed E-state index contributed by atoms with van der Waals surface area (Å²) in [6.07, 6.45) is -19.3. The number of guanidine groups is 1. The summed E-state index contributed by atoms with van der Waals surface area (Å²) in [4.78, 5) is 16.8. The number of nitrogens with two attached hydrogens (primary N) is 1. The highest BCUT2D eigenvalue weighted by atomic mass is 28.4. The van der Waals surface area contributed by atoms with Crippen LogP contribution in [0.15, 0.2) is 41.4 Å². The summed E-state index contributed by atoms with van der Waals surface area (Å²) < 4.78 is 179. The molecule has 1 heterocycles. The van der Waals surface area contributed by atoms with Gasteiger partial charge in [0.1, 0.15) is 25.2 Å². The Labute approximate surface area is 416 Å². The van der Waals surface area contributed by atoms with Crippen molar-refractivity contribution in [1.29, 1.82) is 0 Å². The first-order chi connectivity index (χ1) is 33.0.